The molecule has 1 aromatic carbocycles. The zero-order valence-electron chi connectivity index (χ0n) is 12.7. The Morgan fingerprint density at radius 1 is 1.33 bits per heavy atom. The maximum absolute atomic E-state index is 12.7. The van der Waals surface area contributed by atoms with Gasteiger partial charge in [-0.15, -0.1) is 0 Å². The summed E-state index contributed by atoms with van der Waals surface area (Å²) in [6, 6.07) is 5.26. The number of hydrogen-bond acceptors (Lipinski definition) is 4. The first kappa shape index (κ1) is 17.2. The molecule has 2 aromatic rings. The van der Waals surface area contributed by atoms with E-state index in [2.05, 4.69) is 32.6 Å². The van der Waals surface area contributed by atoms with Gasteiger partial charge in [-0.3, -0.25) is 4.79 Å². The van der Waals surface area contributed by atoms with Crippen LogP contribution in [0.1, 0.15) is 17.5 Å². The second-order valence-electron chi connectivity index (χ2n) is 5.58. The number of piperazine rings is 1. The summed E-state index contributed by atoms with van der Waals surface area (Å²) in [7, 11) is 0. The molecule has 9 heteroatoms. The van der Waals surface area contributed by atoms with Gasteiger partial charge >= 0.3 is 6.09 Å². The molecule has 1 N–H and O–H groups in total. The number of halogens is 2. The fourth-order valence-corrected chi connectivity index (χ4v) is 3.45. The zero-order chi connectivity index (χ0) is 17.4. The van der Waals surface area contributed by atoms with Gasteiger partial charge in [-0.2, -0.15) is 0 Å². The maximum Gasteiger partial charge on any atom is 0.407 e. The van der Waals surface area contributed by atoms with Gasteiger partial charge in [0.25, 0.3) is 5.91 Å². The van der Waals surface area contributed by atoms with Crippen molar-refractivity contribution in [1.82, 2.24) is 19.8 Å². The van der Waals surface area contributed by atoms with E-state index in [1.165, 1.54) is 4.90 Å². The SMILES string of the molecule is CC1CN(C(=O)c2nc(Cl)c3cc(I)ccc3n2)CCN1C(=O)O. The molecule has 7 nitrogen and oxygen atoms in total. The lowest BCUT2D eigenvalue weighted by Crippen LogP contribution is -2.55. The van der Waals surface area contributed by atoms with E-state index in [1.54, 1.807) is 17.9 Å². The number of carbonyl (C=O) groups is 2. The van der Waals surface area contributed by atoms with Gasteiger partial charge < -0.3 is 14.9 Å². The highest BCUT2D eigenvalue weighted by atomic mass is 127. The lowest BCUT2D eigenvalue weighted by molar-refractivity contribution is 0.0497. The van der Waals surface area contributed by atoms with E-state index in [-0.39, 0.29) is 29.5 Å². The molecule has 0 radical (unpaired) electrons. The number of nitrogens with zero attached hydrogens (tertiary/aromatic N) is 4. The summed E-state index contributed by atoms with van der Waals surface area (Å²) < 4.78 is 1.00. The quantitative estimate of drug-likeness (QED) is 0.522. The first-order valence-electron chi connectivity index (χ1n) is 7.28. The molecule has 1 atom stereocenters. The molecule has 0 spiro atoms. The summed E-state index contributed by atoms with van der Waals surface area (Å²) in [6.07, 6.45) is -0.978. The molecular weight excluding hydrogens is 447 g/mol. The Labute approximate surface area is 156 Å². The lowest BCUT2D eigenvalue weighted by atomic mass is 10.2. The molecule has 0 aliphatic carbocycles. The van der Waals surface area contributed by atoms with Crippen molar-refractivity contribution in [3.05, 3.63) is 32.7 Å². The Morgan fingerprint density at radius 2 is 2.08 bits per heavy atom. The molecule has 2 amide bonds. The third-order valence-corrected chi connectivity index (χ3v) is 4.92. The third-order valence-electron chi connectivity index (χ3n) is 3.96. The molecule has 1 aliphatic heterocycles. The van der Waals surface area contributed by atoms with Crippen molar-refractivity contribution >= 4 is 57.1 Å². The van der Waals surface area contributed by atoms with Gasteiger partial charge in [0, 0.05) is 34.6 Å². The molecule has 2 heterocycles. The Balaban J connectivity index is 1.87. The van der Waals surface area contributed by atoms with Gasteiger partial charge in [0.05, 0.1) is 5.52 Å². The van der Waals surface area contributed by atoms with Crippen molar-refractivity contribution in [1.29, 1.82) is 0 Å². The summed E-state index contributed by atoms with van der Waals surface area (Å²) in [5.74, 6) is -0.307. The smallest absolute Gasteiger partial charge is 0.407 e. The monoisotopic (exact) mass is 460 g/mol. The van der Waals surface area contributed by atoms with Crippen molar-refractivity contribution in [2.75, 3.05) is 19.6 Å². The van der Waals surface area contributed by atoms with Crippen LogP contribution in [0.15, 0.2) is 18.2 Å². The van der Waals surface area contributed by atoms with Crippen LogP contribution in [-0.4, -0.2) is 62.6 Å². The van der Waals surface area contributed by atoms with E-state index >= 15 is 0 Å². The molecule has 1 unspecified atom stereocenters. The van der Waals surface area contributed by atoms with Gasteiger partial charge in [-0.25, -0.2) is 14.8 Å². The number of benzene rings is 1. The number of hydrogen-bond donors (Lipinski definition) is 1. The van der Waals surface area contributed by atoms with Crippen LogP contribution in [0.25, 0.3) is 10.9 Å². The molecule has 1 fully saturated rings. The second kappa shape index (κ2) is 6.67. The summed E-state index contributed by atoms with van der Waals surface area (Å²) in [6.45, 7) is 2.64. The van der Waals surface area contributed by atoms with E-state index in [4.69, 9.17) is 16.7 Å². The van der Waals surface area contributed by atoms with Gasteiger partial charge in [-0.05, 0) is 47.7 Å². The summed E-state index contributed by atoms with van der Waals surface area (Å²) >= 11 is 8.37. The normalized spacial score (nSPS) is 18.0. The van der Waals surface area contributed by atoms with Crippen LogP contribution in [0.3, 0.4) is 0 Å². The van der Waals surface area contributed by atoms with Crippen molar-refractivity contribution in [2.24, 2.45) is 0 Å². The second-order valence-corrected chi connectivity index (χ2v) is 7.18. The molecule has 126 valence electrons. The van der Waals surface area contributed by atoms with Crippen LogP contribution in [0, 0.1) is 3.57 Å². The van der Waals surface area contributed by atoms with Crippen molar-refractivity contribution in [3.8, 4) is 0 Å². The van der Waals surface area contributed by atoms with Crippen molar-refractivity contribution in [2.45, 2.75) is 13.0 Å². The highest BCUT2D eigenvalue weighted by molar-refractivity contribution is 14.1. The minimum absolute atomic E-state index is 0.0321. The first-order valence-corrected chi connectivity index (χ1v) is 8.74. The number of carbonyl (C=O) groups excluding carboxylic acids is 1. The third kappa shape index (κ3) is 3.25. The molecular formula is C15H14ClIN4O3. The average molecular weight is 461 g/mol. The van der Waals surface area contributed by atoms with Crippen LogP contribution < -0.4 is 0 Å². The van der Waals surface area contributed by atoms with Gasteiger partial charge in [0.2, 0.25) is 5.82 Å². The molecule has 24 heavy (non-hydrogen) atoms. The highest BCUT2D eigenvalue weighted by Crippen LogP contribution is 2.23. The topological polar surface area (TPSA) is 86.6 Å². The van der Waals surface area contributed by atoms with Crippen LogP contribution >= 0.6 is 34.2 Å². The van der Waals surface area contributed by atoms with E-state index in [0.717, 1.165) is 3.57 Å². The Bertz CT molecular complexity index is 832. The largest absolute Gasteiger partial charge is 0.465 e. The molecule has 1 aromatic heterocycles. The number of amides is 2. The maximum atomic E-state index is 12.7. The van der Waals surface area contributed by atoms with Crippen LogP contribution in [-0.2, 0) is 0 Å². The van der Waals surface area contributed by atoms with E-state index in [0.29, 0.717) is 24.0 Å². The summed E-state index contributed by atoms with van der Waals surface area (Å²) in [5.41, 5.74) is 0.607. The van der Waals surface area contributed by atoms with Gasteiger partial charge in [-0.1, -0.05) is 11.6 Å². The van der Waals surface area contributed by atoms with Gasteiger partial charge in [0.15, 0.2) is 0 Å². The van der Waals surface area contributed by atoms with Crippen LogP contribution in [0.5, 0.6) is 0 Å². The molecule has 0 saturated carbocycles. The van der Waals surface area contributed by atoms with E-state index in [9.17, 15) is 9.59 Å². The van der Waals surface area contributed by atoms with Crippen LogP contribution in [0.4, 0.5) is 4.79 Å². The number of rotatable bonds is 1. The van der Waals surface area contributed by atoms with E-state index in [1.807, 2.05) is 12.1 Å². The summed E-state index contributed by atoms with van der Waals surface area (Å²) in [4.78, 5) is 35.1. The minimum atomic E-state index is -0.978. The fourth-order valence-electron chi connectivity index (χ4n) is 2.73. The minimum Gasteiger partial charge on any atom is -0.465 e. The van der Waals surface area contributed by atoms with Crippen molar-refractivity contribution < 1.29 is 14.7 Å². The molecule has 3 rings (SSSR count). The average Bonchev–Trinajstić information content (AvgIpc) is 2.54. The number of carboxylic acid groups (broad SMARTS) is 1. The summed E-state index contributed by atoms with van der Waals surface area (Å²) in [5, 5.41) is 10.0. The van der Waals surface area contributed by atoms with Gasteiger partial charge in [0.1, 0.15) is 5.15 Å². The molecule has 0 bridgehead atoms. The first-order chi connectivity index (χ1) is 11.4. The van der Waals surface area contributed by atoms with Crippen LogP contribution in [0.2, 0.25) is 5.15 Å². The predicted molar refractivity (Wildman–Crippen MR) is 97.4 cm³/mol. The zero-order valence-corrected chi connectivity index (χ0v) is 15.7. The standard InChI is InChI=1S/C15H14ClIN4O3/c1-8-7-20(4-5-21(8)15(23)24)14(22)13-18-11-3-2-9(17)6-10(11)12(16)19-13/h2-3,6,8H,4-5,7H2,1H3,(H,23,24). The van der Waals surface area contributed by atoms with Crippen molar-refractivity contribution in [3.63, 3.8) is 0 Å². The Hall–Kier alpha value is -1.68. The fraction of sp³-hybridized carbons (Fsp3) is 0.333. The molecule has 1 aliphatic rings. The number of fused-ring (bicyclic) bond motifs is 1. The Kier molecular flexibility index (Phi) is 4.77. The molecule has 1 saturated heterocycles. The predicted octanol–water partition coefficient (Wildman–Crippen LogP) is 2.71. The highest BCUT2D eigenvalue weighted by Gasteiger charge is 2.31. The lowest BCUT2D eigenvalue weighted by Gasteiger charge is -2.37. The number of aromatic nitrogens is 2. The Morgan fingerprint density at radius 3 is 2.75 bits per heavy atom. The van der Waals surface area contributed by atoms with E-state index < -0.39 is 6.09 Å².